The Morgan fingerprint density at radius 3 is 2.53 bits per heavy atom. The molecular formula is C23H12F4N4O4S. The van der Waals surface area contributed by atoms with Gasteiger partial charge in [0.05, 0.1) is 27.9 Å². The molecule has 5 rings (SSSR count). The molecule has 0 spiro atoms. The van der Waals surface area contributed by atoms with Gasteiger partial charge in [0.2, 0.25) is 0 Å². The van der Waals surface area contributed by atoms with Crippen molar-refractivity contribution in [2.45, 2.75) is 11.3 Å². The molecule has 0 amide bonds. The lowest BCUT2D eigenvalue weighted by Crippen LogP contribution is -2.18. The molecule has 0 unspecified atom stereocenters. The van der Waals surface area contributed by atoms with Crippen LogP contribution in [0.3, 0.4) is 0 Å². The van der Waals surface area contributed by atoms with Crippen molar-refractivity contribution >= 4 is 43.1 Å². The molecule has 8 nitrogen and oxygen atoms in total. The first-order chi connectivity index (χ1) is 16.9. The molecular weight excluding hydrogens is 504 g/mol. The van der Waals surface area contributed by atoms with Crippen molar-refractivity contribution in [2.24, 2.45) is 7.05 Å². The van der Waals surface area contributed by atoms with Gasteiger partial charge in [-0.1, -0.05) is 6.07 Å². The number of H-pyrrole nitrogens is 1. The summed E-state index contributed by atoms with van der Waals surface area (Å²) in [5.74, 6) is -0.798. The van der Waals surface area contributed by atoms with E-state index in [-0.39, 0.29) is 27.4 Å². The Morgan fingerprint density at radius 2 is 1.86 bits per heavy atom. The first-order valence-corrected chi connectivity index (χ1v) is 11.4. The molecule has 3 heterocycles. The first kappa shape index (κ1) is 23.3. The van der Waals surface area contributed by atoms with Crippen molar-refractivity contribution in [2.75, 3.05) is 0 Å². The van der Waals surface area contributed by atoms with Crippen molar-refractivity contribution in [1.29, 1.82) is 5.26 Å². The number of pyridine rings is 2. The molecule has 182 valence electrons. The van der Waals surface area contributed by atoms with Crippen LogP contribution in [-0.2, 0) is 17.3 Å². The Kier molecular flexibility index (Phi) is 5.04. The van der Waals surface area contributed by atoms with Crippen LogP contribution in [0, 0.1) is 11.3 Å². The SMILES string of the molecule is Cn1c2cc(-c3cncc(S(=O)(=O)F)c3)c(OC(F)(F)F)cc2c(=O)c2c3ccc(C#N)cc3[nH]c21. The Labute approximate surface area is 199 Å². The van der Waals surface area contributed by atoms with E-state index in [1.165, 1.54) is 22.8 Å². The van der Waals surface area contributed by atoms with Crippen molar-refractivity contribution < 1.29 is 30.2 Å². The number of halogens is 4. The smallest absolute Gasteiger partial charge is 0.405 e. The summed E-state index contributed by atoms with van der Waals surface area (Å²) in [5, 5.41) is 9.72. The van der Waals surface area contributed by atoms with Gasteiger partial charge in [-0.15, -0.1) is 17.1 Å². The largest absolute Gasteiger partial charge is 0.573 e. The summed E-state index contributed by atoms with van der Waals surface area (Å²) in [6, 6.07) is 9.53. The topological polar surface area (TPSA) is 118 Å². The summed E-state index contributed by atoms with van der Waals surface area (Å²) in [7, 11) is -3.63. The highest BCUT2D eigenvalue weighted by molar-refractivity contribution is 7.86. The average Bonchev–Trinajstić information content (AvgIpc) is 3.20. The van der Waals surface area contributed by atoms with Crippen LogP contribution in [0.2, 0.25) is 0 Å². The molecule has 0 fully saturated rings. The number of ether oxygens (including phenoxy) is 1. The van der Waals surface area contributed by atoms with Crippen LogP contribution in [0.15, 0.2) is 58.5 Å². The number of rotatable bonds is 3. The fraction of sp³-hybridized carbons (Fsp3) is 0.0870. The van der Waals surface area contributed by atoms with Gasteiger partial charge < -0.3 is 14.3 Å². The predicted molar refractivity (Wildman–Crippen MR) is 121 cm³/mol. The summed E-state index contributed by atoms with van der Waals surface area (Å²) in [5.41, 5.74) is 0.290. The molecule has 0 radical (unpaired) electrons. The van der Waals surface area contributed by atoms with Crippen LogP contribution < -0.4 is 10.2 Å². The minimum Gasteiger partial charge on any atom is -0.405 e. The third-order valence-corrected chi connectivity index (χ3v) is 6.49. The van der Waals surface area contributed by atoms with Gasteiger partial charge in [0.15, 0.2) is 5.43 Å². The van der Waals surface area contributed by atoms with Crippen LogP contribution >= 0.6 is 0 Å². The van der Waals surface area contributed by atoms with Crippen LogP contribution in [0.4, 0.5) is 17.1 Å². The van der Waals surface area contributed by atoms with Crippen LogP contribution in [0.25, 0.3) is 44.0 Å². The number of alkyl halides is 3. The fourth-order valence-electron chi connectivity index (χ4n) is 4.15. The maximum Gasteiger partial charge on any atom is 0.573 e. The quantitative estimate of drug-likeness (QED) is 0.275. The van der Waals surface area contributed by atoms with Gasteiger partial charge in [-0.2, -0.15) is 13.7 Å². The Morgan fingerprint density at radius 1 is 1.11 bits per heavy atom. The summed E-state index contributed by atoms with van der Waals surface area (Å²) in [6.07, 6.45) is -3.39. The van der Waals surface area contributed by atoms with E-state index in [1.807, 2.05) is 6.07 Å². The second-order valence-corrected chi connectivity index (χ2v) is 9.22. The monoisotopic (exact) mass is 516 g/mol. The van der Waals surface area contributed by atoms with E-state index >= 15 is 0 Å². The zero-order chi connectivity index (χ0) is 26.0. The number of aryl methyl sites for hydroxylation is 1. The number of nitrogens with zero attached hydrogens (tertiary/aromatic N) is 3. The highest BCUT2D eigenvalue weighted by Gasteiger charge is 2.33. The lowest BCUT2D eigenvalue weighted by atomic mass is 10.0. The molecule has 2 aromatic carbocycles. The lowest BCUT2D eigenvalue weighted by Gasteiger charge is -2.16. The van der Waals surface area contributed by atoms with E-state index in [9.17, 15) is 30.3 Å². The van der Waals surface area contributed by atoms with Gasteiger partial charge in [-0.25, -0.2) is 0 Å². The van der Waals surface area contributed by atoms with Crippen LogP contribution in [0.1, 0.15) is 5.56 Å². The van der Waals surface area contributed by atoms with E-state index in [1.54, 1.807) is 13.1 Å². The lowest BCUT2D eigenvalue weighted by molar-refractivity contribution is -0.274. The van der Waals surface area contributed by atoms with Crippen LogP contribution in [-0.4, -0.2) is 29.3 Å². The number of fused-ring (bicyclic) bond motifs is 4. The molecule has 3 aromatic heterocycles. The summed E-state index contributed by atoms with van der Waals surface area (Å²) < 4.78 is 81.7. The van der Waals surface area contributed by atoms with Crippen LogP contribution in [0.5, 0.6) is 5.75 Å². The van der Waals surface area contributed by atoms with E-state index in [4.69, 9.17) is 5.26 Å². The number of aromatic nitrogens is 3. The summed E-state index contributed by atoms with van der Waals surface area (Å²) >= 11 is 0. The zero-order valence-corrected chi connectivity index (χ0v) is 18.8. The normalized spacial score (nSPS) is 12.3. The molecule has 5 aromatic rings. The zero-order valence-electron chi connectivity index (χ0n) is 18.0. The minimum absolute atomic E-state index is 0.111. The fourth-order valence-corrected chi connectivity index (χ4v) is 4.61. The number of nitrogens with one attached hydrogen (secondary N) is 1. The number of aromatic amines is 1. The summed E-state index contributed by atoms with van der Waals surface area (Å²) in [6.45, 7) is 0. The molecule has 1 N–H and O–H groups in total. The molecule has 0 aliphatic rings. The van der Waals surface area contributed by atoms with Gasteiger partial charge in [0.25, 0.3) is 0 Å². The van der Waals surface area contributed by atoms with Crippen molar-refractivity contribution in [3.05, 3.63) is 64.6 Å². The maximum atomic E-state index is 13.5. The number of hydrogen-bond acceptors (Lipinski definition) is 6. The molecule has 0 saturated heterocycles. The minimum atomic E-state index is -5.20. The predicted octanol–water partition coefficient (Wildman–Crippen LogP) is 4.66. The highest BCUT2D eigenvalue weighted by Crippen LogP contribution is 2.38. The first-order valence-electron chi connectivity index (χ1n) is 10.1. The third-order valence-electron chi connectivity index (χ3n) is 5.71. The molecule has 0 saturated carbocycles. The van der Waals surface area contributed by atoms with E-state index in [2.05, 4.69) is 14.7 Å². The van der Waals surface area contributed by atoms with Gasteiger partial charge >= 0.3 is 16.6 Å². The van der Waals surface area contributed by atoms with Crippen molar-refractivity contribution in [3.63, 3.8) is 0 Å². The van der Waals surface area contributed by atoms with Gasteiger partial charge in [0, 0.05) is 41.5 Å². The van der Waals surface area contributed by atoms with Gasteiger partial charge in [0.1, 0.15) is 16.3 Å². The van der Waals surface area contributed by atoms with E-state index < -0.39 is 32.7 Å². The van der Waals surface area contributed by atoms with Gasteiger partial charge in [-0.05, 0) is 30.3 Å². The second-order valence-electron chi connectivity index (χ2n) is 7.87. The Bertz CT molecular complexity index is 1940. The molecule has 0 bridgehead atoms. The van der Waals surface area contributed by atoms with Gasteiger partial charge in [-0.3, -0.25) is 9.78 Å². The second kappa shape index (κ2) is 7.79. The maximum absolute atomic E-state index is 13.5. The molecule has 0 aliphatic heterocycles. The Balaban J connectivity index is 1.89. The molecule has 36 heavy (non-hydrogen) atoms. The Hall–Kier alpha value is -4.44. The number of nitriles is 1. The molecule has 0 aliphatic carbocycles. The van der Waals surface area contributed by atoms with E-state index in [0.29, 0.717) is 28.3 Å². The standard InChI is InChI=1S/C23H12F4N4O4S/c1-31-18-6-15(12-5-13(10-29-9-12)36(27,33)34)19(35-23(24,25)26)7-16(18)21(32)20-14-3-2-11(8-28)4-17(14)30-22(20)31/h2-7,9-10,30H,1H3. The van der Waals surface area contributed by atoms with Crippen molar-refractivity contribution in [1.82, 2.24) is 14.5 Å². The highest BCUT2D eigenvalue weighted by atomic mass is 32.3. The number of benzene rings is 2. The third kappa shape index (κ3) is 3.81. The summed E-state index contributed by atoms with van der Waals surface area (Å²) in [4.78, 5) is 19.3. The van der Waals surface area contributed by atoms with E-state index in [0.717, 1.165) is 18.3 Å². The average molecular weight is 516 g/mol. The molecule has 13 heteroatoms. The molecule has 0 atom stereocenters. The van der Waals surface area contributed by atoms with Crippen molar-refractivity contribution in [3.8, 4) is 22.9 Å². The number of hydrogen-bond donors (Lipinski definition) is 1.